The number of aliphatic carboxylic acids is 1. The standard InChI is InChI=1S/C27H29N3O7/c1-17(2)23-25(33)29(21(15-30(23)27(36)37-3)19-12-8-5-9-13-19)16-22(31)28-20(24(32)26(34)35)14-18-10-6-4-7-11-18/h4-13,15,17,20,23H,14,16H2,1-3H3,(H,28,31)(H,34,35)/t20-,23-/m0/s1. The minimum Gasteiger partial charge on any atom is -0.475 e. The summed E-state index contributed by atoms with van der Waals surface area (Å²) in [6, 6.07) is 15.1. The fourth-order valence-corrected chi connectivity index (χ4v) is 4.15. The van der Waals surface area contributed by atoms with Gasteiger partial charge in [0.15, 0.2) is 0 Å². The summed E-state index contributed by atoms with van der Waals surface area (Å²) in [5.41, 5.74) is 1.52. The summed E-state index contributed by atoms with van der Waals surface area (Å²) in [6.45, 7) is 3.04. The van der Waals surface area contributed by atoms with Crippen molar-refractivity contribution in [1.82, 2.24) is 15.1 Å². The third-order valence-electron chi connectivity index (χ3n) is 5.90. The van der Waals surface area contributed by atoms with E-state index in [1.165, 1.54) is 23.1 Å². The molecule has 2 aromatic rings. The Labute approximate surface area is 214 Å². The lowest BCUT2D eigenvalue weighted by atomic mass is 9.97. The molecule has 2 N–H and O–H groups in total. The first kappa shape index (κ1) is 27.1. The first-order chi connectivity index (χ1) is 17.6. The number of amides is 3. The van der Waals surface area contributed by atoms with Crippen molar-refractivity contribution >= 4 is 35.4 Å². The van der Waals surface area contributed by atoms with Crippen LogP contribution in [0.15, 0.2) is 66.9 Å². The number of carbonyl (C=O) groups excluding carboxylic acids is 4. The lowest BCUT2D eigenvalue weighted by molar-refractivity contribution is -0.150. The highest BCUT2D eigenvalue weighted by molar-refractivity contribution is 6.35. The van der Waals surface area contributed by atoms with Gasteiger partial charge in [-0.1, -0.05) is 74.5 Å². The number of Topliss-reactive ketones (excluding diaryl/α,β-unsaturated/α-hetero) is 1. The molecule has 2 aromatic carbocycles. The van der Waals surface area contributed by atoms with E-state index in [0.29, 0.717) is 11.1 Å². The van der Waals surface area contributed by atoms with Gasteiger partial charge in [-0.3, -0.25) is 24.2 Å². The molecule has 10 heteroatoms. The van der Waals surface area contributed by atoms with Crippen molar-refractivity contribution in [3.63, 3.8) is 0 Å². The second-order valence-electron chi connectivity index (χ2n) is 8.85. The van der Waals surface area contributed by atoms with E-state index in [1.54, 1.807) is 74.5 Å². The Hall–Kier alpha value is -4.47. The zero-order valence-electron chi connectivity index (χ0n) is 20.8. The number of hydrogen-bond acceptors (Lipinski definition) is 6. The van der Waals surface area contributed by atoms with Crippen LogP contribution >= 0.6 is 0 Å². The summed E-state index contributed by atoms with van der Waals surface area (Å²) in [7, 11) is 1.21. The van der Waals surface area contributed by atoms with Gasteiger partial charge in [-0.05, 0) is 17.0 Å². The minimum absolute atomic E-state index is 0.0300. The summed E-state index contributed by atoms with van der Waals surface area (Å²) in [6.07, 6.45) is 0.710. The van der Waals surface area contributed by atoms with Crippen molar-refractivity contribution in [3.05, 3.63) is 78.0 Å². The van der Waals surface area contributed by atoms with Crippen molar-refractivity contribution < 1.29 is 33.8 Å². The lowest BCUT2D eigenvalue weighted by Crippen LogP contribution is -2.57. The molecule has 2 atom stereocenters. The molecule has 0 aliphatic carbocycles. The molecule has 0 spiro atoms. The maximum atomic E-state index is 13.6. The Balaban J connectivity index is 1.94. The molecule has 0 unspecified atom stereocenters. The predicted octanol–water partition coefficient (Wildman–Crippen LogP) is 2.30. The molecule has 0 fully saturated rings. The summed E-state index contributed by atoms with van der Waals surface area (Å²) in [5.74, 6) is -4.39. The molecule has 1 aliphatic rings. The van der Waals surface area contributed by atoms with Crippen LogP contribution in [-0.4, -0.2) is 70.3 Å². The fraction of sp³-hybridized carbons (Fsp3) is 0.296. The van der Waals surface area contributed by atoms with E-state index in [9.17, 15) is 29.1 Å². The van der Waals surface area contributed by atoms with Crippen LogP contribution in [0.4, 0.5) is 4.79 Å². The largest absolute Gasteiger partial charge is 0.475 e. The normalized spacial score (nSPS) is 16.2. The van der Waals surface area contributed by atoms with Crippen molar-refractivity contribution in [2.45, 2.75) is 32.4 Å². The topological polar surface area (TPSA) is 133 Å². The van der Waals surface area contributed by atoms with Gasteiger partial charge in [0.25, 0.3) is 11.7 Å². The van der Waals surface area contributed by atoms with Gasteiger partial charge >= 0.3 is 12.1 Å². The van der Waals surface area contributed by atoms with Crippen molar-refractivity contribution in [2.75, 3.05) is 13.7 Å². The zero-order chi connectivity index (χ0) is 27.1. The molecule has 0 bridgehead atoms. The van der Waals surface area contributed by atoms with E-state index in [-0.39, 0.29) is 18.0 Å². The van der Waals surface area contributed by atoms with Crippen molar-refractivity contribution in [3.8, 4) is 0 Å². The zero-order valence-corrected chi connectivity index (χ0v) is 20.8. The van der Waals surface area contributed by atoms with E-state index in [4.69, 9.17) is 4.74 Å². The number of rotatable bonds is 9. The minimum atomic E-state index is -1.67. The van der Waals surface area contributed by atoms with Crippen LogP contribution in [0.5, 0.6) is 0 Å². The SMILES string of the molecule is COC(=O)N1C=C(c2ccccc2)N(CC(=O)N[C@@H](Cc2ccccc2)C(=O)C(=O)O)C(=O)[C@@H]1C(C)C. The Kier molecular flexibility index (Phi) is 8.78. The quantitative estimate of drug-likeness (QED) is 0.498. The average Bonchev–Trinajstić information content (AvgIpc) is 2.89. The molecule has 0 saturated carbocycles. The van der Waals surface area contributed by atoms with Gasteiger partial charge in [0.2, 0.25) is 5.91 Å². The maximum Gasteiger partial charge on any atom is 0.414 e. The number of hydrogen-bond donors (Lipinski definition) is 2. The van der Waals surface area contributed by atoms with Gasteiger partial charge < -0.3 is 15.2 Å². The number of carboxylic acids is 1. The van der Waals surface area contributed by atoms with Gasteiger partial charge in [-0.15, -0.1) is 0 Å². The third-order valence-corrected chi connectivity index (χ3v) is 5.90. The Morgan fingerprint density at radius 1 is 1.00 bits per heavy atom. The second-order valence-corrected chi connectivity index (χ2v) is 8.85. The summed E-state index contributed by atoms with van der Waals surface area (Å²) < 4.78 is 4.88. The van der Waals surface area contributed by atoms with Crippen LogP contribution in [0.3, 0.4) is 0 Å². The number of carbonyl (C=O) groups is 5. The van der Waals surface area contributed by atoms with E-state index in [0.717, 1.165) is 0 Å². The highest BCUT2D eigenvalue weighted by Crippen LogP contribution is 2.30. The van der Waals surface area contributed by atoms with Crippen molar-refractivity contribution in [1.29, 1.82) is 0 Å². The molecular weight excluding hydrogens is 478 g/mol. The Morgan fingerprint density at radius 3 is 2.14 bits per heavy atom. The van der Waals surface area contributed by atoms with Crippen LogP contribution in [-0.2, 0) is 30.3 Å². The number of ether oxygens (including phenoxy) is 1. The highest BCUT2D eigenvalue weighted by Gasteiger charge is 2.42. The van der Waals surface area contributed by atoms with Gasteiger partial charge in [0, 0.05) is 12.6 Å². The van der Waals surface area contributed by atoms with E-state index >= 15 is 0 Å². The second kappa shape index (κ2) is 12.0. The average molecular weight is 508 g/mol. The van der Waals surface area contributed by atoms with E-state index < -0.39 is 48.3 Å². The number of nitrogens with one attached hydrogen (secondary N) is 1. The van der Waals surface area contributed by atoms with Gasteiger partial charge in [-0.25, -0.2) is 9.59 Å². The molecule has 0 saturated heterocycles. The lowest BCUT2D eigenvalue weighted by Gasteiger charge is -2.40. The number of nitrogens with zero attached hydrogens (tertiary/aromatic N) is 2. The molecule has 1 aliphatic heterocycles. The van der Waals surface area contributed by atoms with Crippen molar-refractivity contribution in [2.24, 2.45) is 5.92 Å². The third kappa shape index (κ3) is 6.40. The fourth-order valence-electron chi connectivity index (χ4n) is 4.15. The molecule has 1 heterocycles. The molecular formula is C27H29N3O7. The number of benzene rings is 2. The van der Waals surface area contributed by atoms with Crippen LogP contribution < -0.4 is 5.32 Å². The van der Waals surface area contributed by atoms with E-state index in [2.05, 4.69) is 5.32 Å². The Bertz CT molecular complexity index is 1190. The Morgan fingerprint density at radius 2 is 1.59 bits per heavy atom. The summed E-state index contributed by atoms with van der Waals surface area (Å²) in [4.78, 5) is 65.5. The van der Waals surface area contributed by atoms with Gasteiger partial charge in [-0.2, -0.15) is 0 Å². The molecule has 37 heavy (non-hydrogen) atoms. The maximum absolute atomic E-state index is 13.6. The monoisotopic (exact) mass is 507 g/mol. The van der Waals surface area contributed by atoms with Crippen LogP contribution in [0.25, 0.3) is 5.70 Å². The van der Waals surface area contributed by atoms with Crippen LogP contribution in [0.1, 0.15) is 25.0 Å². The van der Waals surface area contributed by atoms with Gasteiger partial charge in [0.05, 0.1) is 12.8 Å². The number of methoxy groups -OCH3 is 1. The highest BCUT2D eigenvalue weighted by atomic mass is 16.5. The molecule has 3 amide bonds. The molecule has 0 aromatic heterocycles. The summed E-state index contributed by atoms with van der Waals surface area (Å²) in [5, 5.41) is 11.8. The molecule has 0 radical (unpaired) electrons. The molecule has 194 valence electrons. The number of ketones is 1. The molecule has 10 nitrogen and oxygen atoms in total. The smallest absolute Gasteiger partial charge is 0.414 e. The first-order valence-corrected chi connectivity index (χ1v) is 11.7. The van der Waals surface area contributed by atoms with Crippen LogP contribution in [0, 0.1) is 5.92 Å². The predicted molar refractivity (Wildman–Crippen MR) is 134 cm³/mol. The first-order valence-electron chi connectivity index (χ1n) is 11.7. The van der Waals surface area contributed by atoms with E-state index in [1.807, 2.05) is 0 Å². The number of carboxylic acid groups (broad SMARTS) is 1. The van der Waals surface area contributed by atoms with Crippen LogP contribution in [0.2, 0.25) is 0 Å². The summed E-state index contributed by atoms with van der Waals surface area (Å²) >= 11 is 0. The molecule has 3 rings (SSSR count). The van der Waals surface area contributed by atoms with Gasteiger partial charge in [0.1, 0.15) is 18.6 Å².